The Bertz CT molecular complexity index is 789. The lowest BCUT2D eigenvalue weighted by atomic mass is 10.1. The van der Waals surface area contributed by atoms with E-state index in [0.29, 0.717) is 12.1 Å². The van der Waals surface area contributed by atoms with Crippen molar-refractivity contribution in [3.05, 3.63) is 48.4 Å². The summed E-state index contributed by atoms with van der Waals surface area (Å²) in [5.41, 5.74) is 8.80. The highest BCUT2D eigenvalue weighted by molar-refractivity contribution is 5.95. The van der Waals surface area contributed by atoms with Crippen LogP contribution in [0.5, 0.6) is 0 Å². The molecule has 3 aromatic rings. The van der Waals surface area contributed by atoms with Gasteiger partial charge in [-0.25, -0.2) is 0 Å². The maximum absolute atomic E-state index is 12.2. The summed E-state index contributed by atoms with van der Waals surface area (Å²) in [6.07, 6.45) is 5.81. The molecule has 0 saturated heterocycles. The van der Waals surface area contributed by atoms with E-state index >= 15 is 0 Å². The fourth-order valence-corrected chi connectivity index (χ4v) is 2.47. The Morgan fingerprint density at radius 3 is 3.05 bits per heavy atom. The van der Waals surface area contributed by atoms with E-state index in [1.807, 2.05) is 37.4 Å². The molecule has 0 aliphatic carbocycles. The molecule has 0 radical (unpaired) electrons. The van der Waals surface area contributed by atoms with E-state index < -0.39 is 6.04 Å². The first-order valence-corrected chi connectivity index (χ1v) is 7.31. The number of H-pyrrole nitrogens is 1. The van der Waals surface area contributed by atoms with Crippen molar-refractivity contribution in [2.45, 2.75) is 25.9 Å². The van der Waals surface area contributed by atoms with Gasteiger partial charge in [0.05, 0.1) is 17.9 Å². The Kier molecular flexibility index (Phi) is 3.93. The van der Waals surface area contributed by atoms with Crippen LogP contribution in [0, 0.1) is 0 Å². The lowest BCUT2D eigenvalue weighted by molar-refractivity contribution is -0.117. The molecule has 0 unspecified atom stereocenters. The normalized spacial score (nSPS) is 12.5. The topological polar surface area (TPSA) is 88.7 Å². The van der Waals surface area contributed by atoms with Crippen LogP contribution in [0.1, 0.15) is 12.5 Å². The molecule has 0 bridgehead atoms. The molecule has 1 atom stereocenters. The fraction of sp³-hybridized carbons (Fsp3) is 0.250. The average Bonchev–Trinajstić information content (AvgIpc) is 3.14. The second kappa shape index (κ2) is 6.03. The quantitative estimate of drug-likeness (QED) is 0.672. The van der Waals surface area contributed by atoms with Crippen LogP contribution in [-0.2, 0) is 17.8 Å². The van der Waals surface area contributed by atoms with Gasteiger partial charge in [-0.1, -0.05) is 18.2 Å². The van der Waals surface area contributed by atoms with Crippen LogP contribution in [0.2, 0.25) is 0 Å². The number of hydrogen-bond donors (Lipinski definition) is 3. The highest BCUT2D eigenvalue weighted by Crippen LogP contribution is 2.19. The number of aromatic amines is 1. The minimum Gasteiger partial charge on any atom is -0.361 e. The van der Waals surface area contributed by atoms with Crippen LogP contribution >= 0.6 is 0 Å². The molecule has 4 N–H and O–H groups in total. The molecule has 22 heavy (non-hydrogen) atoms. The van der Waals surface area contributed by atoms with E-state index in [1.54, 1.807) is 17.1 Å². The van der Waals surface area contributed by atoms with Crippen molar-refractivity contribution in [3.8, 4) is 0 Å². The highest BCUT2D eigenvalue weighted by atomic mass is 16.2. The third-order valence-electron chi connectivity index (χ3n) is 3.68. The molecule has 2 aromatic heterocycles. The van der Waals surface area contributed by atoms with Gasteiger partial charge < -0.3 is 16.0 Å². The van der Waals surface area contributed by atoms with Gasteiger partial charge in [-0.15, -0.1) is 0 Å². The molecule has 6 heteroatoms. The summed E-state index contributed by atoms with van der Waals surface area (Å²) < 4.78 is 1.75. The van der Waals surface area contributed by atoms with Crippen molar-refractivity contribution in [3.63, 3.8) is 0 Å². The van der Waals surface area contributed by atoms with Gasteiger partial charge in [0, 0.05) is 29.8 Å². The number of aromatic nitrogens is 3. The number of rotatable bonds is 5. The van der Waals surface area contributed by atoms with Crippen molar-refractivity contribution in [1.29, 1.82) is 0 Å². The first-order chi connectivity index (χ1) is 10.7. The van der Waals surface area contributed by atoms with E-state index in [2.05, 4.69) is 15.4 Å². The molecule has 1 amide bonds. The molecule has 0 saturated carbocycles. The second-order valence-electron chi connectivity index (χ2n) is 5.24. The molecular weight excluding hydrogens is 278 g/mol. The Hall–Kier alpha value is -2.60. The maximum Gasteiger partial charge on any atom is 0.241 e. The number of nitrogens with two attached hydrogens (primary N) is 1. The van der Waals surface area contributed by atoms with Crippen molar-refractivity contribution < 1.29 is 4.79 Å². The van der Waals surface area contributed by atoms with Gasteiger partial charge in [0.2, 0.25) is 5.91 Å². The Balaban J connectivity index is 1.68. The van der Waals surface area contributed by atoms with Crippen LogP contribution in [-0.4, -0.2) is 26.7 Å². The van der Waals surface area contributed by atoms with Crippen LogP contribution in [0.4, 0.5) is 5.69 Å². The number of nitrogens with zero attached hydrogens (tertiary/aromatic N) is 2. The summed E-state index contributed by atoms with van der Waals surface area (Å²) in [4.78, 5) is 15.4. The van der Waals surface area contributed by atoms with Crippen molar-refractivity contribution in [2.75, 3.05) is 5.32 Å². The number of para-hydroxylation sites is 1. The average molecular weight is 297 g/mol. The molecule has 114 valence electrons. The van der Waals surface area contributed by atoms with E-state index in [0.717, 1.165) is 23.0 Å². The number of benzene rings is 1. The number of carbonyl (C=O) groups is 1. The van der Waals surface area contributed by atoms with E-state index in [1.165, 1.54) is 0 Å². The smallest absolute Gasteiger partial charge is 0.241 e. The number of nitrogens with one attached hydrogen (secondary N) is 2. The van der Waals surface area contributed by atoms with Gasteiger partial charge in [-0.2, -0.15) is 5.10 Å². The van der Waals surface area contributed by atoms with E-state index in [9.17, 15) is 4.79 Å². The number of aryl methyl sites for hydroxylation is 1. The number of carbonyl (C=O) groups excluding carboxylic acids is 1. The Labute approximate surface area is 128 Å². The summed E-state index contributed by atoms with van der Waals surface area (Å²) in [6, 6.07) is 7.37. The zero-order valence-corrected chi connectivity index (χ0v) is 12.4. The monoisotopic (exact) mass is 297 g/mol. The molecule has 0 fully saturated rings. The second-order valence-corrected chi connectivity index (χ2v) is 5.24. The molecule has 3 rings (SSSR count). The molecule has 0 aliphatic rings. The zero-order valence-electron chi connectivity index (χ0n) is 12.4. The molecule has 6 nitrogen and oxygen atoms in total. The summed E-state index contributed by atoms with van der Waals surface area (Å²) >= 11 is 0. The number of amides is 1. The minimum atomic E-state index is -0.607. The third kappa shape index (κ3) is 2.87. The van der Waals surface area contributed by atoms with Gasteiger partial charge in [0.1, 0.15) is 0 Å². The largest absolute Gasteiger partial charge is 0.361 e. The first kappa shape index (κ1) is 14.3. The zero-order chi connectivity index (χ0) is 15.5. The SMILES string of the molecule is CCn1cc(NC(=O)[C@@H](N)Cc2c[nH]c3ccccc23)cn1. The summed E-state index contributed by atoms with van der Waals surface area (Å²) in [5, 5.41) is 8.02. The standard InChI is InChI=1S/C16H19N5O/c1-2-21-10-12(9-19-21)20-16(22)14(17)7-11-8-18-15-6-4-3-5-13(11)15/h3-6,8-10,14,18H,2,7,17H2,1H3,(H,20,22)/t14-/m0/s1. The summed E-state index contributed by atoms with van der Waals surface area (Å²) in [7, 11) is 0. The molecule has 0 aliphatic heterocycles. The lowest BCUT2D eigenvalue weighted by Crippen LogP contribution is -2.37. The predicted molar refractivity (Wildman–Crippen MR) is 86.5 cm³/mol. The first-order valence-electron chi connectivity index (χ1n) is 7.31. The number of fused-ring (bicyclic) bond motifs is 1. The Morgan fingerprint density at radius 2 is 2.27 bits per heavy atom. The van der Waals surface area contributed by atoms with Crippen LogP contribution in [0.3, 0.4) is 0 Å². The van der Waals surface area contributed by atoms with Crippen molar-refractivity contribution in [2.24, 2.45) is 5.73 Å². The van der Waals surface area contributed by atoms with Gasteiger partial charge in [-0.05, 0) is 25.0 Å². The minimum absolute atomic E-state index is 0.207. The van der Waals surface area contributed by atoms with Gasteiger partial charge >= 0.3 is 0 Å². The van der Waals surface area contributed by atoms with Crippen molar-refractivity contribution >= 4 is 22.5 Å². The lowest BCUT2D eigenvalue weighted by Gasteiger charge is -2.10. The summed E-state index contributed by atoms with van der Waals surface area (Å²) in [5.74, 6) is -0.207. The van der Waals surface area contributed by atoms with Gasteiger partial charge in [-0.3, -0.25) is 9.48 Å². The maximum atomic E-state index is 12.2. The Morgan fingerprint density at radius 1 is 1.45 bits per heavy atom. The predicted octanol–water partition coefficient (Wildman–Crippen LogP) is 1.89. The van der Waals surface area contributed by atoms with Crippen LogP contribution < -0.4 is 11.1 Å². The molecule has 2 heterocycles. The molecular formula is C16H19N5O. The number of hydrogen-bond acceptors (Lipinski definition) is 3. The number of anilines is 1. The molecule has 0 spiro atoms. The third-order valence-corrected chi connectivity index (χ3v) is 3.68. The van der Waals surface area contributed by atoms with Gasteiger partial charge in [0.15, 0.2) is 0 Å². The molecule has 1 aromatic carbocycles. The van der Waals surface area contributed by atoms with Crippen LogP contribution in [0.25, 0.3) is 10.9 Å². The summed E-state index contributed by atoms with van der Waals surface area (Å²) in [6.45, 7) is 2.75. The van der Waals surface area contributed by atoms with Crippen molar-refractivity contribution in [1.82, 2.24) is 14.8 Å². The van der Waals surface area contributed by atoms with E-state index in [-0.39, 0.29) is 5.91 Å². The fourth-order valence-electron chi connectivity index (χ4n) is 2.47. The van der Waals surface area contributed by atoms with Gasteiger partial charge in [0.25, 0.3) is 0 Å². The van der Waals surface area contributed by atoms with E-state index in [4.69, 9.17) is 5.73 Å². The highest BCUT2D eigenvalue weighted by Gasteiger charge is 2.16. The van der Waals surface area contributed by atoms with Crippen LogP contribution in [0.15, 0.2) is 42.9 Å².